The van der Waals surface area contributed by atoms with Crippen LogP contribution in [0.2, 0.25) is 10.0 Å². The normalized spacial score (nSPS) is 16.3. The van der Waals surface area contributed by atoms with Gasteiger partial charge in [0.25, 0.3) is 0 Å². The number of hydrogen-bond donors (Lipinski definition) is 2. The average molecular weight is 489 g/mol. The number of nitrogens with zero attached hydrogens (tertiary/aromatic N) is 2. The highest BCUT2D eigenvalue weighted by atomic mass is 35.5. The first-order chi connectivity index (χ1) is 15.6. The number of likely N-dealkylation sites (tertiary alicyclic amines) is 1. The summed E-state index contributed by atoms with van der Waals surface area (Å²) >= 11 is 12.3. The number of imidazole rings is 1. The van der Waals surface area contributed by atoms with Gasteiger partial charge in [0.15, 0.2) is 0 Å². The highest BCUT2D eigenvalue weighted by Gasteiger charge is 2.36. The Hall–Kier alpha value is -2.77. The van der Waals surface area contributed by atoms with Crippen LogP contribution in [0.1, 0.15) is 45.0 Å². The Bertz CT molecular complexity index is 1200. The van der Waals surface area contributed by atoms with E-state index >= 15 is 0 Å². The summed E-state index contributed by atoms with van der Waals surface area (Å²) < 4.78 is 5.48. The van der Waals surface area contributed by atoms with Gasteiger partial charge in [-0.05, 0) is 75.6 Å². The predicted molar refractivity (Wildman–Crippen MR) is 130 cm³/mol. The van der Waals surface area contributed by atoms with E-state index in [2.05, 4.69) is 15.3 Å². The lowest BCUT2D eigenvalue weighted by Gasteiger charge is -2.28. The summed E-state index contributed by atoms with van der Waals surface area (Å²) in [7, 11) is 0. The van der Waals surface area contributed by atoms with Gasteiger partial charge in [0.1, 0.15) is 17.5 Å². The lowest BCUT2D eigenvalue weighted by molar-refractivity contribution is -0.120. The maximum atomic E-state index is 13.1. The van der Waals surface area contributed by atoms with Crippen molar-refractivity contribution in [3.63, 3.8) is 0 Å². The smallest absolute Gasteiger partial charge is 0.410 e. The van der Waals surface area contributed by atoms with Crippen LogP contribution in [0.4, 0.5) is 10.5 Å². The van der Waals surface area contributed by atoms with Crippen LogP contribution in [0.25, 0.3) is 11.0 Å². The maximum Gasteiger partial charge on any atom is 0.410 e. The van der Waals surface area contributed by atoms with Crippen molar-refractivity contribution in [2.24, 2.45) is 0 Å². The largest absolute Gasteiger partial charge is 0.444 e. The quantitative estimate of drug-likeness (QED) is 0.485. The summed E-state index contributed by atoms with van der Waals surface area (Å²) in [6, 6.07) is 10.2. The number of anilines is 1. The van der Waals surface area contributed by atoms with Crippen LogP contribution in [0.5, 0.6) is 0 Å². The minimum Gasteiger partial charge on any atom is -0.444 e. The van der Waals surface area contributed by atoms with Crippen LogP contribution in [0.15, 0.2) is 36.4 Å². The fourth-order valence-electron chi connectivity index (χ4n) is 3.92. The monoisotopic (exact) mass is 488 g/mol. The van der Waals surface area contributed by atoms with Crippen LogP contribution < -0.4 is 5.32 Å². The molecule has 1 aromatic heterocycles. The number of carbonyl (C=O) groups excluding carboxylic acids is 2. The van der Waals surface area contributed by atoms with Gasteiger partial charge < -0.3 is 15.0 Å². The van der Waals surface area contributed by atoms with Crippen molar-refractivity contribution >= 4 is 51.9 Å². The van der Waals surface area contributed by atoms with Gasteiger partial charge in [0, 0.05) is 28.7 Å². The molecule has 2 amide bonds. The van der Waals surface area contributed by atoms with Gasteiger partial charge in [0.05, 0.1) is 11.0 Å². The maximum absolute atomic E-state index is 13.1. The van der Waals surface area contributed by atoms with Crippen molar-refractivity contribution in [2.45, 2.75) is 51.7 Å². The second kappa shape index (κ2) is 9.23. The number of halogens is 2. The van der Waals surface area contributed by atoms with Gasteiger partial charge >= 0.3 is 6.09 Å². The Morgan fingerprint density at radius 2 is 1.91 bits per heavy atom. The molecule has 2 N–H and O–H groups in total. The first kappa shape index (κ1) is 23.4. The van der Waals surface area contributed by atoms with Gasteiger partial charge in [0.2, 0.25) is 5.91 Å². The minimum absolute atomic E-state index is 0.252. The van der Waals surface area contributed by atoms with Crippen molar-refractivity contribution in [2.75, 3.05) is 11.9 Å². The summed E-state index contributed by atoms with van der Waals surface area (Å²) in [5.41, 5.74) is 2.45. The molecule has 4 rings (SSSR count). The topological polar surface area (TPSA) is 87.3 Å². The highest BCUT2D eigenvalue weighted by molar-refractivity contribution is 6.31. The van der Waals surface area contributed by atoms with Crippen LogP contribution >= 0.6 is 23.2 Å². The summed E-state index contributed by atoms with van der Waals surface area (Å²) in [5.74, 6) is 0.472. The Morgan fingerprint density at radius 3 is 2.67 bits per heavy atom. The van der Waals surface area contributed by atoms with Crippen molar-refractivity contribution in [1.29, 1.82) is 0 Å². The number of hydrogen-bond acceptors (Lipinski definition) is 4. The number of H-pyrrole nitrogens is 1. The average Bonchev–Trinajstić information content (AvgIpc) is 3.35. The fourth-order valence-corrected chi connectivity index (χ4v) is 4.29. The molecule has 1 fully saturated rings. The molecule has 0 saturated carbocycles. The fraction of sp³-hybridized carbons (Fsp3) is 0.375. The van der Waals surface area contributed by atoms with Crippen LogP contribution in [-0.4, -0.2) is 45.1 Å². The van der Waals surface area contributed by atoms with E-state index in [9.17, 15) is 9.59 Å². The summed E-state index contributed by atoms with van der Waals surface area (Å²) in [6.45, 7) is 5.91. The Morgan fingerprint density at radius 1 is 1.18 bits per heavy atom. The molecular weight excluding hydrogens is 463 g/mol. The molecular formula is C24H26Cl2N4O3. The second-order valence-corrected chi connectivity index (χ2v) is 10.0. The molecule has 2 aromatic carbocycles. The summed E-state index contributed by atoms with van der Waals surface area (Å²) in [6.07, 6.45) is 1.28. The molecule has 1 aliphatic heterocycles. The lowest BCUT2D eigenvalue weighted by Crippen LogP contribution is -2.45. The predicted octanol–water partition coefficient (Wildman–Crippen LogP) is 5.80. The van der Waals surface area contributed by atoms with E-state index in [-0.39, 0.29) is 5.91 Å². The molecule has 0 radical (unpaired) electrons. The first-order valence-electron chi connectivity index (χ1n) is 10.8. The second-order valence-electron chi connectivity index (χ2n) is 9.14. The molecule has 1 atom stereocenters. The Kier molecular flexibility index (Phi) is 6.54. The van der Waals surface area contributed by atoms with Crippen molar-refractivity contribution in [3.8, 4) is 0 Å². The Balaban J connectivity index is 1.53. The van der Waals surface area contributed by atoms with Gasteiger partial charge in [-0.15, -0.1) is 0 Å². The van der Waals surface area contributed by atoms with Crippen molar-refractivity contribution in [3.05, 3.63) is 57.8 Å². The molecule has 174 valence electrons. The van der Waals surface area contributed by atoms with Crippen molar-refractivity contribution in [1.82, 2.24) is 14.9 Å². The van der Waals surface area contributed by atoms with Gasteiger partial charge in [-0.25, -0.2) is 9.78 Å². The number of fused-ring (bicyclic) bond motifs is 1. The van der Waals surface area contributed by atoms with E-state index in [4.69, 9.17) is 27.9 Å². The number of rotatable bonds is 4. The van der Waals surface area contributed by atoms with E-state index < -0.39 is 17.7 Å². The molecule has 0 spiro atoms. The molecule has 1 aliphatic rings. The molecule has 33 heavy (non-hydrogen) atoms. The standard InChI is InChI=1S/C24H26Cl2N4O3/c1-24(2,3)33-23(32)30-10-4-5-20(30)22(31)29-17-8-6-15(25)11-14(17)12-21-27-18-9-7-16(26)13-19(18)28-21/h6-9,11,13,20H,4-5,10,12H2,1-3H3,(H,27,28)(H,29,31). The molecule has 0 bridgehead atoms. The number of aromatic nitrogens is 2. The molecule has 0 aliphatic carbocycles. The number of aromatic amines is 1. The minimum atomic E-state index is -0.624. The molecule has 1 saturated heterocycles. The molecule has 2 heterocycles. The van der Waals surface area contributed by atoms with E-state index in [1.54, 1.807) is 24.3 Å². The number of nitrogens with one attached hydrogen (secondary N) is 2. The third-order valence-electron chi connectivity index (χ3n) is 5.36. The third-order valence-corrected chi connectivity index (χ3v) is 5.83. The third kappa shape index (κ3) is 5.60. The lowest BCUT2D eigenvalue weighted by atomic mass is 10.1. The van der Waals surface area contributed by atoms with E-state index in [0.717, 1.165) is 28.8 Å². The van der Waals surface area contributed by atoms with Crippen LogP contribution in [0, 0.1) is 0 Å². The SMILES string of the molecule is CC(C)(C)OC(=O)N1CCCC1C(=O)Nc1ccc(Cl)cc1Cc1nc2ccc(Cl)cc2[nH]1. The first-order valence-corrected chi connectivity index (χ1v) is 11.6. The number of ether oxygens (including phenoxy) is 1. The summed E-state index contributed by atoms with van der Waals surface area (Å²) in [4.78, 5) is 35.1. The van der Waals surface area contributed by atoms with Gasteiger partial charge in [-0.3, -0.25) is 9.69 Å². The summed E-state index contributed by atoms with van der Waals surface area (Å²) in [5, 5.41) is 4.16. The van der Waals surface area contributed by atoms with Gasteiger partial charge in [-0.2, -0.15) is 0 Å². The van der Waals surface area contributed by atoms with E-state index in [1.165, 1.54) is 4.90 Å². The highest BCUT2D eigenvalue weighted by Crippen LogP contribution is 2.27. The number of benzene rings is 2. The zero-order valence-electron chi connectivity index (χ0n) is 18.7. The number of amides is 2. The van der Waals surface area contributed by atoms with Crippen LogP contribution in [0.3, 0.4) is 0 Å². The molecule has 1 unspecified atom stereocenters. The molecule has 7 nitrogen and oxygen atoms in total. The zero-order chi connectivity index (χ0) is 23.8. The zero-order valence-corrected chi connectivity index (χ0v) is 20.3. The number of carbonyl (C=O) groups is 2. The Labute approximate surface area is 202 Å². The molecule has 3 aromatic rings. The molecule has 9 heteroatoms. The van der Waals surface area contributed by atoms with Crippen LogP contribution in [-0.2, 0) is 16.0 Å². The van der Waals surface area contributed by atoms with E-state index in [1.807, 2.05) is 32.9 Å². The van der Waals surface area contributed by atoms with Crippen molar-refractivity contribution < 1.29 is 14.3 Å². The van der Waals surface area contributed by atoms with Gasteiger partial charge in [-0.1, -0.05) is 23.2 Å². The van der Waals surface area contributed by atoms with E-state index in [0.29, 0.717) is 35.1 Å².